The molecule has 0 saturated carbocycles. The number of benzene rings is 2. The van der Waals surface area contributed by atoms with Crippen LogP contribution in [0, 0.1) is 5.41 Å². The summed E-state index contributed by atoms with van der Waals surface area (Å²) in [7, 11) is 0. The highest BCUT2D eigenvalue weighted by Gasteiger charge is 2.44. The fourth-order valence-electron chi connectivity index (χ4n) is 5.16. The number of alkyl halides is 3. The van der Waals surface area contributed by atoms with Gasteiger partial charge in [-0.2, -0.15) is 13.2 Å². The van der Waals surface area contributed by atoms with Crippen LogP contribution in [-0.2, 0) is 22.4 Å². The SMILES string of the molecule is O=C(N[C@@H]1COc2ccccc2N(CC(F)(F)F)C1=O)c1ccc2c(c1)CCC1(CCNC1=O)C2. The highest BCUT2D eigenvalue weighted by atomic mass is 19.4. The lowest BCUT2D eigenvalue weighted by atomic mass is 9.70. The Labute approximate surface area is 199 Å². The predicted octanol–water partition coefficient (Wildman–Crippen LogP) is 2.77. The number of amides is 3. The standard InChI is InChI=1S/C25H24F3N3O4/c26-25(27,28)14-31-19-3-1-2-4-20(19)35-13-18(22(31)33)30-21(32)16-5-6-17-12-24(8-7-15(17)11-16)9-10-29-23(24)34/h1-6,11,18H,7-10,12-14H2,(H,29,34)(H,30,32)/t18-,24?/m1/s1. The smallest absolute Gasteiger partial charge is 0.406 e. The first-order chi connectivity index (χ1) is 16.7. The topological polar surface area (TPSA) is 87.7 Å². The quantitative estimate of drug-likeness (QED) is 0.697. The Hall–Kier alpha value is -3.56. The molecule has 2 atom stereocenters. The zero-order valence-electron chi connectivity index (χ0n) is 18.8. The van der Waals surface area contributed by atoms with Crippen LogP contribution in [-0.4, -0.2) is 49.6 Å². The van der Waals surface area contributed by atoms with Gasteiger partial charge in [0.05, 0.1) is 11.1 Å². The third-order valence-corrected chi connectivity index (χ3v) is 7.01. The summed E-state index contributed by atoms with van der Waals surface area (Å²) < 4.78 is 45.3. The van der Waals surface area contributed by atoms with E-state index in [-0.39, 0.29) is 24.0 Å². The van der Waals surface area contributed by atoms with Gasteiger partial charge in [-0.25, -0.2) is 0 Å². The number of rotatable bonds is 3. The fourth-order valence-corrected chi connectivity index (χ4v) is 5.16. The number of hydrogen-bond donors (Lipinski definition) is 2. The third-order valence-electron chi connectivity index (χ3n) is 7.01. The first-order valence-electron chi connectivity index (χ1n) is 11.5. The van der Waals surface area contributed by atoms with Crippen LogP contribution in [0.3, 0.4) is 0 Å². The monoisotopic (exact) mass is 487 g/mol. The Morgan fingerprint density at radius 1 is 1.14 bits per heavy atom. The number of fused-ring (bicyclic) bond motifs is 2. The molecule has 2 N–H and O–H groups in total. The lowest BCUT2D eigenvalue weighted by molar-refractivity contribution is -0.133. The fraction of sp³-hybridized carbons (Fsp3) is 0.400. The number of aryl methyl sites for hydroxylation is 1. The maximum atomic E-state index is 13.2. The summed E-state index contributed by atoms with van der Waals surface area (Å²) in [5, 5.41) is 5.45. The highest BCUT2D eigenvalue weighted by Crippen LogP contribution is 2.41. The number of hydrogen-bond acceptors (Lipinski definition) is 4. The Bertz CT molecular complexity index is 1200. The van der Waals surface area contributed by atoms with Crippen LogP contribution >= 0.6 is 0 Å². The van der Waals surface area contributed by atoms with Crippen molar-refractivity contribution in [3.63, 3.8) is 0 Å². The van der Waals surface area contributed by atoms with Gasteiger partial charge < -0.3 is 15.4 Å². The number of nitrogens with zero attached hydrogens (tertiary/aromatic N) is 1. The van der Waals surface area contributed by atoms with E-state index in [1.807, 2.05) is 6.07 Å². The largest absolute Gasteiger partial charge is 0.489 e. The van der Waals surface area contributed by atoms with Crippen LogP contribution in [0.2, 0.25) is 0 Å². The molecular weight excluding hydrogens is 463 g/mol. The Morgan fingerprint density at radius 2 is 1.94 bits per heavy atom. The van der Waals surface area contributed by atoms with Gasteiger partial charge in [0.2, 0.25) is 5.91 Å². The number of nitrogens with one attached hydrogen (secondary N) is 2. The minimum Gasteiger partial charge on any atom is -0.489 e. The molecule has 35 heavy (non-hydrogen) atoms. The molecule has 5 rings (SSSR count). The number of carbonyl (C=O) groups excluding carboxylic acids is 3. The number of halogens is 3. The lowest BCUT2D eigenvalue weighted by Gasteiger charge is -2.32. The van der Waals surface area contributed by atoms with Crippen molar-refractivity contribution in [3.8, 4) is 5.75 Å². The maximum absolute atomic E-state index is 13.2. The van der Waals surface area contributed by atoms with E-state index in [0.29, 0.717) is 36.3 Å². The summed E-state index contributed by atoms with van der Waals surface area (Å²) in [5.41, 5.74) is 1.87. The Kier molecular flexibility index (Phi) is 5.69. The Balaban J connectivity index is 1.34. The van der Waals surface area contributed by atoms with E-state index >= 15 is 0 Å². The molecule has 0 radical (unpaired) electrons. The van der Waals surface area contributed by atoms with Crippen molar-refractivity contribution in [2.45, 2.75) is 37.9 Å². The summed E-state index contributed by atoms with van der Waals surface area (Å²) in [4.78, 5) is 39.0. The second-order valence-corrected chi connectivity index (χ2v) is 9.29. The van der Waals surface area contributed by atoms with E-state index in [2.05, 4.69) is 10.6 Å². The van der Waals surface area contributed by atoms with Crippen molar-refractivity contribution in [2.75, 3.05) is 24.6 Å². The average Bonchev–Trinajstić information content (AvgIpc) is 3.11. The van der Waals surface area contributed by atoms with Crippen molar-refractivity contribution in [1.82, 2.24) is 10.6 Å². The van der Waals surface area contributed by atoms with Gasteiger partial charge in [-0.05, 0) is 61.1 Å². The molecule has 3 amide bonds. The molecule has 0 bridgehead atoms. The van der Waals surface area contributed by atoms with Crippen molar-refractivity contribution in [1.29, 1.82) is 0 Å². The van der Waals surface area contributed by atoms with E-state index in [9.17, 15) is 27.6 Å². The molecule has 3 aliphatic rings. The van der Waals surface area contributed by atoms with Crippen LogP contribution in [0.1, 0.15) is 34.3 Å². The summed E-state index contributed by atoms with van der Waals surface area (Å²) in [6.07, 6.45) is -1.90. The molecule has 184 valence electrons. The predicted molar refractivity (Wildman–Crippen MR) is 120 cm³/mol. The van der Waals surface area contributed by atoms with Gasteiger partial charge in [0.15, 0.2) is 0 Å². The van der Waals surface area contributed by atoms with Gasteiger partial charge in [0.1, 0.15) is 24.9 Å². The Morgan fingerprint density at radius 3 is 2.69 bits per heavy atom. The molecule has 1 aliphatic carbocycles. The number of para-hydroxylation sites is 2. The maximum Gasteiger partial charge on any atom is 0.406 e. The summed E-state index contributed by atoms with van der Waals surface area (Å²) >= 11 is 0. The van der Waals surface area contributed by atoms with E-state index in [1.165, 1.54) is 18.2 Å². The van der Waals surface area contributed by atoms with Crippen molar-refractivity contribution in [3.05, 3.63) is 59.2 Å². The van der Waals surface area contributed by atoms with E-state index in [4.69, 9.17) is 4.74 Å². The zero-order chi connectivity index (χ0) is 24.8. The van der Waals surface area contributed by atoms with Gasteiger partial charge in [-0.3, -0.25) is 19.3 Å². The van der Waals surface area contributed by atoms with Crippen LogP contribution in [0.5, 0.6) is 5.75 Å². The molecule has 2 aromatic rings. The number of anilines is 1. The molecule has 1 saturated heterocycles. The molecule has 0 aromatic heterocycles. The van der Waals surface area contributed by atoms with Gasteiger partial charge in [0, 0.05) is 12.1 Å². The lowest BCUT2D eigenvalue weighted by Crippen LogP contribution is -2.52. The summed E-state index contributed by atoms with van der Waals surface area (Å²) in [6, 6.07) is 9.84. The molecule has 1 fully saturated rings. The molecular formula is C25H24F3N3O4. The van der Waals surface area contributed by atoms with E-state index < -0.39 is 36.0 Å². The summed E-state index contributed by atoms with van der Waals surface area (Å²) in [5.74, 6) is -1.26. The van der Waals surface area contributed by atoms with E-state index in [0.717, 1.165) is 17.5 Å². The minimum atomic E-state index is -4.63. The minimum absolute atomic E-state index is 0.00485. The first-order valence-corrected chi connectivity index (χ1v) is 11.5. The zero-order valence-corrected chi connectivity index (χ0v) is 18.8. The van der Waals surface area contributed by atoms with Crippen LogP contribution in [0.25, 0.3) is 0 Å². The van der Waals surface area contributed by atoms with E-state index in [1.54, 1.807) is 18.2 Å². The van der Waals surface area contributed by atoms with Crippen LogP contribution in [0.15, 0.2) is 42.5 Å². The van der Waals surface area contributed by atoms with Crippen molar-refractivity contribution < 1.29 is 32.3 Å². The normalized spacial score (nSPS) is 23.7. The van der Waals surface area contributed by atoms with Gasteiger partial charge in [-0.15, -0.1) is 0 Å². The number of ether oxygens (including phenoxy) is 1. The number of carbonyl (C=O) groups is 3. The highest BCUT2D eigenvalue weighted by molar-refractivity contribution is 6.03. The van der Waals surface area contributed by atoms with Crippen LogP contribution in [0.4, 0.5) is 18.9 Å². The molecule has 10 heteroatoms. The van der Waals surface area contributed by atoms with Crippen LogP contribution < -0.4 is 20.3 Å². The molecule has 2 aromatic carbocycles. The first kappa shape index (κ1) is 23.2. The molecule has 1 spiro atoms. The summed E-state index contributed by atoms with van der Waals surface area (Å²) in [6.45, 7) is -1.12. The average molecular weight is 487 g/mol. The molecule has 2 aliphatic heterocycles. The second kappa shape index (κ2) is 8.58. The van der Waals surface area contributed by atoms with Crippen molar-refractivity contribution >= 4 is 23.4 Å². The van der Waals surface area contributed by atoms with Gasteiger partial charge in [0.25, 0.3) is 11.8 Å². The molecule has 2 heterocycles. The second-order valence-electron chi connectivity index (χ2n) is 9.29. The van der Waals surface area contributed by atoms with Gasteiger partial charge >= 0.3 is 6.18 Å². The van der Waals surface area contributed by atoms with Gasteiger partial charge in [-0.1, -0.05) is 18.2 Å². The third kappa shape index (κ3) is 4.44. The molecule has 7 nitrogen and oxygen atoms in total. The molecule has 1 unspecified atom stereocenters. The van der Waals surface area contributed by atoms with Crippen molar-refractivity contribution in [2.24, 2.45) is 5.41 Å².